The van der Waals surface area contributed by atoms with E-state index in [0.29, 0.717) is 0 Å². The van der Waals surface area contributed by atoms with Crippen LogP contribution in [0.1, 0.15) is 24.1 Å². The fraction of sp³-hybridized carbons (Fsp3) is 0.312. The molecule has 4 rings (SSSR count). The zero-order valence-corrected chi connectivity index (χ0v) is 11.5. The maximum absolute atomic E-state index is 5.33. The van der Waals surface area contributed by atoms with Gasteiger partial charge in [0.05, 0.1) is 24.5 Å². The van der Waals surface area contributed by atoms with Crippen LogP contribution in [0.5, 0.6) is 5.75 Å². The standard InChI is InChI=1S/C16H17N3O/c1-20-12-3-4-13-14(9-12)18-7-6-16(13)5-2-8-19-11-17-10-15(16)19/h3-4,6-7,9-11,18H,2,5,8H2,1H3. The number of aromatic nitrogens is 2. The van der Waals surface area contributed by atoms with Crippen molar-refractivity contribution in [2.24, 2.45) is 0 Å². The highest BCUT2D eigenvalue weighted by Crippen LogP contribution is 2.46. The van der Waals surface area contributed by atoms with Gasteiger partial charge in [-0.1, -0.05) is 12.1 Å². The summed E-state index contributed by atoms with van der Waals surface area (Å²) in [4.78, 5) is 4.34. The van der Waals surface area contributed by atoms with Crippen LogP contribution in [0.25, 0.3) is 0 Å². The van der Waals surface area contributed by atoms with E-state index in [-0.39, 0.29) is 5.41 Å². The summed E-state index contributed by atoms with van der Waals surface area (Å²) in [7, 11) is 1.70. The van der Waals surface area contributed by atoms with Gasteiger partial charge in [-0.3, -0.25) is 0 Å². The normalized spacial score (nSPS) is 23.1. The molecule has 0 bridgehead atoms. The number of benzene rings is 1. The van der Waals surface area contributed by atoms with Gasteiger partial charge >= 0.3 is 0 Å². The van der Waals surface area contributed by atoms with Crippen molar-refractivity contribution >= 4 is 5.69 Å². The molecule has 102 valence electrons. The van der Waals surface area contributed by atoms with Crippen LogP contribution in [-0.4, -0.2) is 16.7 Å². The first-order valence-corrected chi connectivity index (χ1v) is 6.97. The summed E-state index contributed by atoms with van der Waals surface area (Å²) in [5, 5.41) is 3.34. The van der Waals surface area contributed by atoms with Gasteiger partial charge in [-0.2, -0.15) is 0 Å². The average molecular weight is 267 g/mol. The largest absolute Gasteiger partial charge is 0.497 e. The summed E-state index contributed by atoms with van der Waals surface area (Å²) in [6, 6.07) is 6.28. The van der Waals surface area contributed by atoms with E-state index in [2.05, 4.69) is 33.1 Å². The molecule has 1 atom stereocenters. The lowest BCUT2D eigenvalue weighted by Gasteiger charge is -2.39. The highest BCUT2D eigenvalue weighted by Gasteiger charge is 2.40. The van der Waals surface area contributed by atoms with E-state index in [0.717, 1.165) is 24.4 Å². The predicted octanol–water partition coefficient (Wildman–Crippen LogP) is 2.91. The van der Waals surface area contributed by atoms with Crippen LogP contribution >= 0.6 is 0 Å². The van der Waals surface area contributed by atoms with E-state index in [4.69, 9.17) is 4.74 Å². The zero-order valence-electron chi connectivity index (χ0n) is 11.5. The van der Waals surface area contributed by atoms with Crippen LogP contribution in [0.15, 0.2) is 43.0 Å². The van der Waals surface area contributed by atoms with Gasteiger partial charge in [0.1, 0.15) is 5.75 Å². The first-order chi connectivity index (χ1) is 9.83. The molecule has 1 aromatic carbocycles. The molecule has 4 nitrogen and oxygen atoms in total. The van der Waals surface area contributed by atoms with Gasteiger partial charge < -0.3 is 14.6 Å². The van der Waals surface area contributed by atoms with Crippen molar-refractivity contribution in [2.45, 2.75) is 24.8 Å². The second kappa shape index (κ2) is 4.13. The molecule has 1 unspecified atom stereocenters. The summed E-state index contributed by atoms with van der Waals surface area (Å²) < 4.78 is 7.60. The van der Waals surface area contributed by atoms with Gasteiger partial charge in [0, 0.05) is 24.5 Å². The van der Waals surface area contributed by atoms with Crippen molar-refractivity contribution in [1.29, 1.82) is 0 Å². The highest BCUT2D eigenvalue weighted by molar-refractivity contribution is 5.66. The monoisotopic (exact) mass is 267 g/mol. The number of hydrogen-bond acceptors (Lipinski definition) is 3. The lowest BCUT2D eigenvalue weighted by atomic mass is 9.71. The Labute approximate surface area is 118 Å². The average Bonchev–Trinajstić information content (AvgIpc) is 2.97. The van der Waals surface area contributed by atoms with E-state index < -0.39 is 0 Å². The third-order valence-corrected chi connectivity index (χ3v) is 4.45. The Morgan fingerprint density at radius 1 is 1.40 bits per heavy atom. The third kappa shape index (κ3) is 1.45. The van der Waals surface area contributed by atoms with Crippen LogP contribution in [-0.2, 0) is 12.0 Å². The molecule has 0 aliphatic carbocycles. The van der Waals surface area contributed by atoms with Crippen molar-refractivity contribution in [1.82, 2.24) is 9.55 Å². The molecule has 20 heavy (non-hydrogen) atoms. The number of anilines is 1. The van der Waals surface area contributed by atoms with Crippen molar-refractivity contribution in [3.63, 3.8) is 0 Å². The number of methoxy groups -OCH3 is 1. The molecular weight excluding hydrogens is 250 g/mol. The van der Waals surface area contributed by atoms with E-state index >= 15 is 0 Å². The summed E-state index contributed by atoms with van der Waals surface area (Å²) in [6.07, 6.45) is 10.5. The predicted molar refractivity (Wildman–Crippen MR) is 78.0 cm³/mol. The van der Waals surface area contributed by atoms with Crippen LogP contribution in [0.4, 0.5) is 5.69 Å². The summed E-state index contributed by atoms with van der Waals surface area (Å²) >= 11 is 0. The minimum absolute atomic E-state index is 0.0540. The molecule has 2 aromatic rings. The lowest BCUT2D eigenvalue weighted by molar-refractivity contribution is 0.410. The topological polar surface area (TPSA) is 39.1 Å². The van der Waals surface area contributed by atoms with E-state index in [1.807, 2.05) is 24.8 Å². The molecule has 2 aliphatic heterocycles. The summed E-state index contributed by atoms with van der Waals surface area (Å²) in [5.74, 6) is 0.881. The summed E-state index contributed by atoms with van der Waals surface area (Å²) in [6.45, 7) is 1.06. The zero-order chi connectivity index (χ0) is 13.6. The van der Waals surface area contributed by atoms with Gasteiger partial charge in [0.2, 0.25) is 0 Å². The number of nitrogens with zero attached hydrogens (tertiary/aromatic N) is 2. The number of allylic oxidation sites excluding steroid dienone is 1. The quantitative estimate of drug-likeness (QED) is 0.863. The number of ether oxygens (including phenoxy) is 1. The molecule has 0 amide bonds. The molecule has 0 fully saturated rings. The Balaban J connectivity index is 1.94. The van der Waals surface area contributed by atoms with Crippen molar-refractivity contribution < 1.29 is 4.74 Å². The number of hydrogen-bond donors (Lipinski definition) is 1. The van der Waals surface area contributed by atoms with Crippen LogP contribution in [0, 0.1) is 0 Å². The molecular formula is C16H17N3O. The van der Waals surface area contributed by atoms with Crippen LogP contribution < -0.4 is 10.1 Å². The second-order valence-corrected chi connectivity index (χ2v) is 5.44. The maximum atomic E-state index is 5.33. The molecule has 2 aliphatic rings. The van der Waals surface area contributed by atoms with Crippen molar-refractivity contribution in [3.05, 3.63) is 54.3 Å². The Bertz CT molecular complexity index is 689. The van der Waals surface area contributed by atoms with Crippen molar-refractivity contribution in [2.75, 3.05) is 12.4 Å². The highest BCUT2D eigenvalue weighted by atomic mass is 16.5. The van der Waals surface area contributed by atoms with E-state index in [9.17, 15) is 0 Å². The number of aryl methyl sites for hydroxylation is 1. The molecule has 0 saturated carbocycles. The van der Waals surface area contributed by atoms with E-state index in [1.165, 1.54) is 17.7 Å². The van der Waals surface area contributed by atoms with Gasteiger partial charge in [-0.25, -0.2) is 4.98 Å². The number of imidazole rings is 1. The van der Waals surface area contributed by atoms with Gasteiger partial charge in [-0.05, 0) is 30.7 Å². The van der Waals surface area contributed by atoms with Gasteiger partial charge in [-0.15, -0.1) is 0 Å². The molecule has 0 radical (unpaired) electrons. The number of rotatable bonds is 1. The molecule has 1 N–H and O–H groups in total. The number of nitrogens with one attached hydrogen (secondary N) is 1. The maximum Gasteiger partial charge on any atom is 0.120 e. The van der Waals surface area contributed by atoms with E-state index in [1.54, 1.807) is 7.11 Å². The van der Waals surface area contributed by atoms with Gasteiger partial charge in [0.15, 0.2) is 0 Å². The van der Waals surface area contributed by atoms with Crippen molar-refractivity contribution in [3.8, 4) is 5.75 Å². The van der Waals surface area contributed by atoms with Crippen LogP contribution in [0.2, 0.25) is 0 Å². The fourth-order valence-corrected chi connectivity index (χ4v) is 3.49. The Kier molecular flexibility index (Phi) is 2.39. The second-order valence-electron chi connectivity index (χ2n) is 5.44. The molecule has 3 heterocycles. The first kappa shape index (κ1) is 11.6. The molecule has 1 aromatic heterocycles. The first-order valence-electron chi connectivity index (χ1n) is 6.97. The molecule has 0 saturated heterocycles. The molecule has 4 heteroatoms. The SMILES string of the molecule is COc1ccc2c(c1)NC=CC21CCCn2cncc21. The minimum Gasteiger partial charge on any atom is -0.497 e. The fourth-order valence-electron chi connectivity index (χ4n) is 3.49. The Morgan fingerprint density at radius 3 is 3.25 bits per heavy atom. The Morgan fingerprint density at radius 2 is 2.35 bits per heavy atom. The summed E-state index contributed by atoms with van der Waals surface area (Å²) in [5.41, 5.74) is 3.67. The molecule has 1 spiro atoms. The van der Waals surface area contributed by atoms with Gasteiger partial charge in [0.25, 0.3) is 0 Å². The lowest BCUT2D eigenvalue weighted by Crippen LogP contribution is -2.35. The smallest absolute Gasteiger partial charge is 0.120 e. The minimum atomic E-state index is -0.0540. The third-order valence-electron chi connectivity index (χ3n) is 4.45. The number of fused-ring (bicyclic) bond motifs is 4. The van der Waals surface area contributed by atoms with Crippen LogP contribution in [0.3, 0.4) is 0 Å². The Hall–Kier alpha value is -2.23.